The Balaban J connectivity index is 2.10. The molecule has 0 aliphatic rings. The van der Waals surface area contributed by atoms with E-state index in [9.17, 15) is 24.0 Å². The first-order valence-electron chi connectivity index (χ1n) is 13.7. The Bertz CT molecular complexity index is 1220. The van der Waals surface area contributed by atoms with Crippen molar-refractivity contribution >= 4 is 30.0 Å². The van der Waals surface area contributed by atoms with Gasteiger partial charge in [-0.3, -0.25) is 24.0 Å². The van der Waals surface area contributed by atoms with Crippen LogP contribution in [0, 0.1) is 0 Å². The summed E-state index contributed by atoms with van der Waals surface area (Å²) in [6, 6.07) is 13.7. The summed E-state index contributed by atoms with van der Waals surface area (Å²) in [5, 5.41) is 13.4. The van der Waals surface area contributed by atoms with E-state index in [-0.39, 0.29) is 62.7 Å². The molecule has 0 bridgehead atoms. The zero-order chi connectivity index (χ0) is 30.6. The maximum absolute atomic E-state index is 13.2. The quantitative estimate of drug-likeness (QED) is 0.0743. The molecule has 0 fully saturated rings. The summed E-state index contributed by atoms with van der Waals surface area (Å²) < 4.78 is 5.33. The highest BCUT2D eigenvalue weighted by Gasteiger charge is 2.22. The van der Waals surface area contributed by atoms with Crippen LogP contribution in [0.2, 0.25) is 0 Å². The molecular formula is C30H40N6O6. The van der Waals surface area contributed by atoms with Crippen molar-refractivity contribution in [2.24, 2.45) is 5.73 Å². The van der Waals surface area contributed by atoms with E-state index in [0.29, 0.717) is 31.7 Å². The summed E-state index contributed by atoms with van der Waals surface area (Å²) in [6.07, 6.45) is 3.74. The van der Waals surface area contributed by atoms with Crippen LogP contribution in [0.1, 0.15) is 29.2 Å². The average molecular weight is 581 g/mol. The lowest BCUT2D eigenvalue weighted by molar-refractivity contribution is -0.128. The molecule has 0 radical (unpaired) electrons. The number of carbonyl (C=O) groups is 5. The van der Waals surface area contributed by atoms with E-state index in [1.807, 2.05) is 24.3 Å². The molecule has 2 rings (SSSR count). The first-order chi connectivity index (χ1) is 20.4. The van der Waals surface area contributed by atoms with Gasteiger partial charge in [-0.05, 0) is 35.3 Å². The number of hydrogen-bond acceptors (Lipinski definition) is 7. The Morgan fingerprint density at radius 2 is 1.67 bits per heavy atom. The molecule has 5 amide bonds. The molecule has 0 aromatic heterocycles. The van der Waals surface area contributed by atoms with E-state index in [4.69, 9.17) is 10.5 Å². The molecule has 0 spiro atoms. The zero-order valence-corrected chi connectivity index (χ0v) is 23.8. The minimum absolute atomic E-state index is 0.0148. The molecule has 0 heterocycles. The van der Waals surface area contributed by atoms with Gasteiger partial charge < -0.3 is 37.1 Å². The minimum Gasteiger partial charge on any atom is -0.378 e. The smallest absolute Gasteiger partial charge is 0.243 e. The van der Waals surface area contributed by atoms with E-state index in [1.54, 1.807) is 37.3 Å². The number of nitrogens with one attached hydrogen (secondary N) is 5. The fourth-order valence-corrected chi connectivity index (χ4v) is 3.98. The highest BCUT2D eigenvalue weighted by atomic mass is 16.5. The molecule has 2 aromatic carbocycles. The van der Waals surface area contributed by atoms with Crippen molar-refractivity contribution in [1.29, 1.82) is 0 Å². The van der Waals surface area contributed by atoms with Gasteiger partial charge in [0, 0.05) is 32.6 Å². The van der Waals surface area contributed by atoms with E-state index >= 15 is 0 Å². The van der Waals surface area contributed by atoms with E-state index in [0.717, 1.165) is 16.7 Å². The molecular weight excluding hydrogens is 540 g/mol. The average Bonchev–Trinajstić information content (AvgIpc) is 2.98. The van der Waals surface area contributed by atoms with Gasteiger partial charge in [-0.15, -0.1) is 0 Å². The lowest BCUT2D eigenvalue weighted by Crippen LogP contribution is -2.49. The Kier molecular flexibility index (Phi) is 15.6. The number of allylic oxidation sites excluding steroid dienone is 1. The lowest BCUT2D eigenvalue weighted by atomic mass is 10.0. The summed E-state index contributed by atoms with van der Waals surface area (Å²) in [4.78, 5) is 60.4. The van der Waals surface area contributed by atoms with Crippen LogP contribution < -0.4 is 32.3 Å². The number of hydrogen-bond donors (Lipinski definition) is 6. The SMILES string of the molecule is C/C=C/C(=O)NCc1cccc(C[C@H](NC(=O)Cc2ccccc2CNC(=O)CNC=O)C(=O)NCCOCCN)c1. The Hall–Kier alpha value is -4.55. The number of carbonyl (C=O) groups excluding carboxylic acids is 5. The van der Waals surface area contributed by atoms with Crippen molar-refractivity contribution < 1.29 is 28.7 Å². The van der Waals surface area contributed by atoms with Gasteiger partial charge in [0.15, 0.2) is 0 Å². The third-order valence-corrected chi connectivity index (χ3v) is 5.97. The first kappa shape index (κ1) is 33.7. The summed E-state index contributed by atoms with van der Waals surface area (Å²) in [6.45, 7) is 3.39. The van der Waals surface area contributed by atoms with E-state index in [1.165, 1.54) is 6.08 Å². The standard InChI is InChI=1S/C30H40N6O6/c1-2-6-27(38)34-18-23-8-5-7-22(15-23)16-26(30(41)33-12-14-42-13-11-31)36-28(39)17-24-9-3-4-10-25(24)19-35-29(40)20-32-21-37/h2-10,15,21,26H,11-14,16-20,31H2,1H3,(H,32,37)(H,33,41)(H,34,38)(H,35,40)(H,36,39)/b6-2+/t26-/m0/s1. The van der Waals surface area contributed by atoms with E-state index in [2.05, 4.69) is 26.6 Å². The molecule has 0 aliphatic heterocycles. The van der Waals surface area contributed by atoms with Crippen LogP contribution in [-0.2, 0) is 54.6 Å². The van der Waals surface area contributed by atoms with Gasteiger partial charge in [-0.25, -0.2) is 0 Å². The van der Waals surface area contributed by atoms with Crippen molar-refractivity contribution in [3.8, 4) is 0 Å². The third-order valence-electron chi connectivity index (χ3n) is 5.97. The normalized spacial score (nSPS) is 11.4. The lowest BCUT2D eigenvalue weighted by Gasteiger charge is -2.20. The van der Waals surface area contributed by atoms with Gasteiger partial charge in [-0.2, -0.15) is 0 Å². The molecule has 12 heteroatoms. The van der Waals surface area contributed by atoms with Gasteiger partial charge in [-0.1, -0.05) is 54.6 Å². The highest BCUT2D eigenvalue weighted by Crippen LogP contribution is 2.12. The molecule has 0 unspecified atom stereocenters. The molecule has 0 saturated carbocycles. The van der Waals surface area contributed by atoms with Crippen LogP contribution in [-0.4, -0.2) is 68.9 Å². The molecule has 1 atom stereocenters. The summed E-state index contributed by atoms with van der Waals surface area (Å²) in [7, 11) is 0. The van der Waals surface area contributed by atoms with Gasteiger partial charge in [0.2, 0.25) is 30.0 Å². The number of ether oxygens (including phenoxy) is 1. The Morgan fingerprint density at radius 3 is 2.40 bits per heavy atom. The van der Waals surface area contributed by atoms with Crippen LogP contribution in [0.15, 0.2) is 60.7 Å². The Labute approximate surface area is 245 Å². The maximum atomic E-state index is 13.2. The number of amides is 5. The summed E-state index contributed by atoms with van der Waals surface area (Å²) in [5.41, 5.74) is 8.51. The second-order valence-electron chi connectivity index (χ2n) is 9.28. The molecule has 2 aromatic rings. The van der Waals surface area contributed by atoms with Gasteiger partial charge in [0.05, 0.1) is 26.2 Å². The fraction of sp³-hybridized carbons (Fsp3) is 0.367. The summed E-state index contributed by atoms with van der Waals surface area (Å²) >= 11 is 0. The largest absolute Gasteiger partial charge is 0.378 e. The molecule has 7 N–H and O–H groups in total. The fourth-order valence-electron chi connectivity index (χ4n) is 3.98. The molecule has 12 nitrogen and oxygen atoms in total. The van der Waals surface area contributed by atoms with Gasteiger partial charge in [0.1, 0.15) is 6.04 Å². The summed E-state index contributed by atoms with van der Waals surface area (Å²) in [5.74, 6) is -1.31. The number of benzene rings is 2. The second-order valence-corrected chi connectivity index (χ2v) is 9.28. The monoisotopic (exact) mass is 580 g/mol. The zero-order valence-electron chi connectivity index (χ0n) is 23.8. The van der Waals surface area contributed by atoms with E-state index < -0.39 is 6.04 Å². The van der Waals surface area contributed by atoms with Crippen molar-refractivity contribution in [3.05, 3.63) is 82.9 Å². The first-order valence-corrected chi connectivity index (χ1v) is 13.7. The van der Waals surface area contributed by atoms with Gasteiger partial charge >= 0.3 is 0 Å². The predicted octanol–water partition coefficient (Wildman–Crippen LogP) is -0.397. The molecule has 0 saturated heterocycles. The van der Waals surface area contributed by atoms with Crippen LogP contribution in [0.3, 0.4) is 0 Å². The van der Waals surface area contributed by atoms with Crippen LogP contribution >= 0.6 is 0 Å². The van der Waals surface area contributed by atoms with Crippen LogP contribution in [0.25, 0.3) is 0 Å². The van der Waals surface area contributed by atoms with Gasteiger partial charge in [0.25, 0.3) is 0 Å². The second kappa shape index (κ2) is 19.5. The molecule has 226 valence electrons. The van der Waals surface area contributed by atoms with Crippen molar-refractivity contribution in [2.75, 3.05) is 32.8 Å². The molecule has 0 aliphatic carbocycles. The van der Waals surface area contributed by atoms with Crippen LogP contribution in [0.4, 0.5) is 0 Å². The topological polar surface area (TPSA) is 181 Å². The van der Waals surface area contributed by atoms with Crippen molar-refractivity contribution in [3.63, 3.8) is 0 Å². The number of rotatable bonds is 19. The highest BCUT2D eigenvalue weighted by molar-refractivity contribution is 5.89. The van der Waals surface area contributed by atoms with Crippen molar-refractivity contribution in [1.82, 2.24) is 26.6 Å². The van der Waals surface area contributed by atoms with Crippen LogP contribution in [0.5, 0.6) is 0 Å². The predicted molar refractivity (Wildman–Crippen MR) is 158 cm³/mol. The van der Waals surface area contributed by atoms with Crippen molar-refractivity contribution in [2.45, 2.75) is 38.9 Å². The molecule has 42 heavy (non-hydrogen) atoms. The number of nitrogens with two attached hydrogens (primary N) is 1. The third kappa shape index (κ3) is 13.2. The minimum atomic E-state index is -0.874. The maximum Gasteiger partial charge on any atom is 0.243 e. The Morgan fingerprint density at radius 1 is 0.905 bits per heavy atom.